The molecule has 1 fully saturated rings. The molecule has 0 radical (unpaired) electrons. The van der Waals surface area contributed by atoms with E-state index >= 15 is 0 Å². The van der Waals surface area contributed by atoms with E-state index < -0.39 is 35.4 Å². The van der Waals surface area contributed by atoms with Gasteiger partial charge in [0.15, 0.2) is 0 Å². The van der Waals surface area contributed by atoms with Crippen LogP contribution in [0.2, 0.25) is 0 Å². The van der Waals surface area contributed by atoms with Crippen LogP contribution in [0.1, 0.15) is 22.8 Å². The van der Waals surface area contributed by atoms with Gasteiger partial charge in [-0.2, -0.15) is 13.2 Å². The number of carboxylic acid groups (broad SMARTS) is 1. The number of likely N-dealkylation sites (tertiary alicyclic amines) is 1. The van der Waals surface area contributed by atoms with Crippen molar-refractivity contribution in [2.24, 2.45) is 0 Å². The van der Waals surface area contributed by atoms with Crippen LogP contribution in [0.3, 0.4) is 0 Å². The molecule has 3 aromatic carbocycles. The molecule has 1 saturated heterocycles. The zero-order chi connectivity index (χ0) is 24.7. The van der Waals surface area contributed by atoms with Crippen molar-refractivity contribution >= 4 is 22.8 Å². The molecule has 0 bridgehead atoms. The Kier molecular flexibility index (Phi) is 5.86. The van der Waals surface area contributed by atoms with Crippen LogP contribution in [0.15, 0.2) is 60.7 Å². The standard InChI is InChI=1S/C24H21F3N2O5/c1-14(23(33)12-29(13-23)22(31)32)28-21(30)16-5-10-19-15(11-16)3-2-4-20(19)34-18-8-6-17(7-9-18)24(25,26)27/h2-11,14,33H,12-13H2,1H3,(H,28,30)(H,31,32)/t14-/m1/s1. The second-order valence-corrected chi connectivity index (χ2v) is 8.25. The lowest BCUT2D eigenvalue weighted by molar-refractivity contribution is -0.137. The van der Waals surface area contributed by atoms with Crippen molar-refractivity contribution in [3.8, 4) is 11.5 Å². The maximum atomic E-state index is 12.8. The quantitative estimate of drug-likeness (QED) is 0.506. The molecule has 1 heterocycles. The molecule has 0 aromatic heterocycles. The average molecular weight is 474 g/mol. The van der Waals surface area contributed by atoms with Gasteiger partial charge in [0.05, 0.1) is 24.7 Å². The van der Waals surface area contributed by atoms with Gasteiger partial charge in [0, 0.05) is 10.9 Å². The highest BCUT2D eigenvalue weighted by Gasteiger charge is 2.48. The third-order valence-corrected chi connectivity index (χ3v) is 5.87. The molecule has 2 amide bonds. The molecular formula is C24H21F3N2O5. The first-order chi connectivity index (χ1) is 16.0. The normalized spacial score (nSPS) is 16.0. The number of hydrogen-bond donors (Lipinski definition) is 3. The van der Waals surface area contributed by atoms with Crippen molar-refractivity contribution in [3.05, 3.63) is 71.8 Å². The summed E-state index contributed by atoms with van der Waals surface area (Å²) in [4.78, 5) is 24.7. The molecule has 0 spiro atoms. The summed E-state index contributed by atoms with van der Waals surface area (Å²) < 4.78 is 44.1. The monoisotopic (exact) mass is 474 g/mol. The maximum absolute atomic E-state index is 12.8. The fraction of sp³-hybridized carbons (Fsp3) is 0.250. The Balaban J connectivity index is 1.48. The molecule has 0 unspecified atom stereocenters. The number of aliphatic hydroxyl groups is 1. The smallest absolute Gasteiger partial charge is 0.416 e. The van der Waals surface area contributed by atoms with Gasteiger partial charge < -0.3 is 25.2 Å². The number of hydrogen-bond acceptors (Lipinski definition) is 4. The number of fused-ring (bicyclic) bond motifs is 1. The van der Waals surface area contributed by atoms with Gasteiger partial charge in [-0.15, -0.1) is 0 Å². The van der Waals surface area contributed by atoms with Gasteiger partial charge in [-0.25, -0.2) is 4.79 Å². The van der Waals surface area contributed by atoms with E-state index in [-0.39, 0.29) is 18.8 Å². The zero-order valence-corrected chi connectivity index (χ0v) is 18.0. The largest absolute Gasteiger partial charge is 0.465 e. The lowest BCUT2D eigenvalue weighted by Crippen LogP contribution is -2.71. The Morgan fingerprint density at radius 3 is 2.38 bits per heavy atom. The number of ether oxygens (including phenoxy) is 1. The van der Waals surface area contributed by atoms with E-state index in [1.165, 1.54) is 12.1 Å². The highest BCUT2D eigenvalue weighted by atomic mass is 19.4. The van der Waals surface area contributed by atoms with E-state index in [9.17, 15) is 27.9 Å². The number of β-amino-alcohol motifs (C(OH)–C–C–N with tert-alkyl or cyclic N) is 1. The van der Waals surface area contributed by atoms with E-state index in [1.807, 2.05) is 0 Å². The van der Waals surface area contributed by atoms with Crippen molar-refractivity contribution < 1.29 is 37.7 Å². The molecule has 10 heteroatoms. The third-order valence-electron chi connectivity index (χ3n) is 5.87. The molecule has 0 saturated carbocycles. The van der Waals surface area contributed by atoms with Gasteiger partial charge in [-0.1, -0.05) is 12.1 Å². The predicted molar refractivity (Wildman–Crippen MR) is 117 cm³/mol. The van der Waals surface area contributed by atoms with Crippen LogP contribution in [-0.4, -0.2) is 51.8 Å². The number of alkyl halides is 3. The highest BCUT2D eigenvalue weighted by Crippen LogP contribution is 2.34. The number of carbonyl (C=O) groups excluding carboxylic acids is 1. The molecule has 178 valence electrons. The van der Waals surface area contributed by atoms with Crippen LogP contribution in [0, 0.1) is 0 Å². The first-order valence-electron chi connectivity index (χ1n) is 10.4. The molecule has 1 aliphatic heterocycles. The van der Waals surface area contributed by atoms with Gasteiger partial charge in [-0.3, -0.25) is 4.79 Å². The summed E-state index contributed by atoms with van der Waals surface area (Å²) in [5, 5.41) is 23.5. The summed E-state index contributed by atoms with van der Waals surface area (Å²) in [6.45, 7) is 1.42. The van der Waals surface area contributed by atoms with Crippen molar-refractivity contribution in [3.63, 3.8) is 0 Å². The third kappa shape index (κ3) is 4.62. The van der Waals surface area contributed by atoms with Gasteiger partial charge in [0.1, 0.15) is 17.1 Å². The minimum Gasteiger partial charge on any atom is -0.465 e. The maximum Gasteiger partial charge on any atom is 0.416 e. The average Bonchev–Trinajstić information content (AvgIpc) is 2.76. The first-order valence-corrected chi connectivity index (χ1v) is 10.4. The molecule has 7 nitrogen and oxygen atoms in total. The van der Waals surface area contributed by atoms with E-state index in [4.69, 9.17) is 9.84 Å². The molecule has 34 heavy (non-hydrogen) atoms. The molecule has 1 atom stereocenters. The number of amides is 2. The molecule has 3 aromatic rings. The van der Waals surface area contributed by atoms with Gasteiger partial charge in [0.2, 0.25) is 0 Å². The molecule has 4 rings (SSSR count). The van der Waals surface area contributed by atoms with Crippen LogP contribution in [-0.2, 0) is 6.18 Å². The molecule has 0 aliphatic carbocycles. The van der Waals surface area contributed by atoms with Crippen LogP contribution in [0.4, 0.5) is 18.0 Å². The number of nitrogens with one attached hydrogen (secondary N) is 1. The van der Waals surface area contributed by atoms with E-state index in [0.717, 1.165) is 17.0 Å². The first kappa shape index (κ1) is 23.4. The Morgan fingerprint density at radius 2 is 1.76 bits per heavy atom. The summed E-state index contributed by atoms with van der Waals surface area (Å²) in [6.07, 6.45) is -5.57. The Bertz CT molecular complexity index is 1240. The highest BCUT2D eigenvalue weighted by molar-refractivity contribution is 6.00. The lowest BCUT2D eigenvalue weighted by Gasteiger charge is -2.48. The Labute approximate surface area is 192 Å². The van der Waals surface area contributed by atoms with Crippen LogP contribution >= 0.6 is 0 Å². The fourth-order valence-electron chi connectivity index (χ4n) is 3.76. The van der Waals surface area contributed by atoms with Crippen LogP contribution < -0.4 is 10.1 Å². The fourth-order valence-corrected chi connectivity index (χ4v) is 3.76. The van der Waals surface area contributed by atoms with Crippen LogP contribution in [0.5, 0.6) is 11.5 Å². The van der Waals surface area contributed by atoms with Crippen molar-refractivity contribution in [2.75, 3.05) is 13.1 Å². The summed E-state index contributed by atoms with van der Waals surface area (Å²) in [7, 11) is 0. The Hall–Kier alpha value is -3.79. The summed E-state index contributed by atoms with van der Waals surface area (Å²) in [6, 6.07) is 13.7. The van der Waals surface area contributed by atoms with E-state index in [0.29, 0.717) is 22.1 Å². The Morgan fingerprint density at radius 1 is 1.09 bits per heavy atom. The number of benzene rings is 3. The number of nitrogens with zero attached hydrogens (tertiary/aromatic N) is 1. The second-order valence-electron chi connectivity index (χ2n) is 8.25. The number of halogens is 3. The minimum atomic E-state index is -4.43. The molecule has 1 aliphatic rings. The van der Waals surface area contributed by atoms with Crippen LogP contribution in [0.25, 0.3) is 10.8 Å². The summed E-state index contributed by atoms with van der Waals surface area (Å²) >= 11 is 0. The van der Waals surface area contributed by atoms with E-state index in [2.05, 4.69) is 5.32 Å². The zero-order valence-electron chi connectivity index (χ0n) is 18.0. The van der Waals surface area contributed by atoms with Crippen molar-refractivity contribution in [1.82, 2.24) is 10.2 Å². The predicted octanol–water partition coefficient (Wildman–Crippen LogP) is 4.49. The van der Waals surface area contributed by atoms with Gasteiger partial charge >= 0.3 is 12.3 Å². The SMILES string of the molecule is C[C@@H](NC(=O)c1ccc2c(Oc3ccc(C(F)(F)F)cc3)cccc2c1)C1(O)CN(C(=O)O)C1. The van der Waals surface area contributed by atoms with E-state index in [1.54, 1.807) is 43.3 Å². The van der Waals surface area contributed by atoms with Gasteiger partial charge in [-0.05, 0) is 60.8 Å². The minimum absolute atomic E-state index is 0.0911. The lowest BCUT2D eigenvalue weighted by atomic mass is 9.87. The van der Waals surface area contributed by atoms with Gasteiger partial charge in [0.25, 0.3) is 5.91 Å². The topological polar surface area (TPSA) is 99.1 Å². The summed E-state index contributed by atoms with van der Waals surface area (Å²) in [5.74, 6) is 0.209. The second kappa shape index (κ2) is 8.53. The number of rotatable bonds is 5. The molecule has 3 N–H and O–H groups in total. The van der Waals surface area contributed by atoms with Crippen molar-refractivity contribution in [1.29, 1.82) is 0 Å². The van der Waals surface area contributed by atoms with Crippen molar-refractivity contribution in [2.45, 2.75) is 24.7 Å². The summed E-state index contributed by atoms with van der Waals surface area (Å²) in [5.41, 5.74) is -1.79. The molecular weight excluding hydrogens is 453 g/mol. The number of carbonyl (C=O) groups is 2.